The van der Waals surface area contributed by atoms with E-state index in [2.05, 4.69) is 4.90 Å². The molecule has 0 aromatic rings. The lowest BCUT2D eigenvalue weighted by Gasteiger charge is -2.13. The van der Waals surface area contributed by atoms with Crippen molar-refractivity contribution in [3.63, 3.8) is 0 Å². The number of ether oxygens (including phenoxy) is 1. The number of carbonyl (C=O) groups is 1. The highest BCUT2D eigenvalue weighted by Crippen LogP contribution is 2.19. The molecule has 0 radical (unpaired) electrons. The molecule has 1 heterocycles. The summed E-state index contributed by atoms with van der Waals surface area (Å²) >= 11 is 0. The minimum atomic E-state index is -0.0941. The van der Waals surface area contributed by atoms with E-state index in [0.717, 1.165) is 26.1 Å². The fourth-order valence-electron chi connectivity index (χ4n) is 1.88. The first kappa shape index (κ1) is 11.5. The van der Waals surface area contributed by atoms with Crippen LogP contribution in [0.25, 0.3) is 0 Å². The molecule has 1 N–H and O–H groups in total. The Morgan fingerprint density at radius 3 is 3.07 bits per heavy atom. The van der Waals surface area contributed by atoms with Crippen molar-refractivity contribution >= 4 is 5.97 Å². The van der Waals surface area contributed by atoms with E-state index in [1.165, 1.54) is 0 Å². The zero-order valence-corrected chi connectivity index (χ0v) is 8.74. The molecule has 1 aliphatic rings. The first-order chi connectivity index (χ1) is 6.76. The largest absolute Gasteiger partial charge is 0.466 e. The smallest absolute Gasteiger partial charge is 0.306 e. The van der Waals surface area contributed by atoms with Gasteiger partial charge in [0.2, 0.25) is 0 Å². The first-order valence-corrected chi connectivity index (χ1v) is 5.25. The molecular weight excluding hydrogens is 182 g/mol. The highest BCUT2D eigenvalue weighted by Gasteiger charge is 2.24. The average molecular weight is 201 g/mol. The Bertz CT molecular complexity index is 184. The predicted octanol–water partition coefficient (Wildman–Crippen LogP) is 0.254. The van der Waals surface area contributed by atoms with Crippen LogP contribution in [-0.2, 0) is 9.53 Å². The molecule has 1 unspecified atom stereocenters. The van der Waals surface area contributed by atoms with Gasteiger partial charge in [0.25, 0.3) is 0 Å². The Labute approximate surface area is 84.8 Å². The monoisotopic (exact) mass is 201 g/mol. The second-order valence-corrected chi connectivity index (χ2v) is 3.69. The van der Waals surface area contributed by atoms with Gasteiger partial charge in [-0.1, -0.05) is 0 Å². The van der Waals surface area contributed by atoms with Gasteiger partial charge in [-0.2, -0.15) is 0 Å². The SMILES string of the molecule is CCOC(=O)CC1CCN(CCO)C1. The molecule has 82 valence electrons. The molecule has 14 heavy (non-hydrogen) atoms. The number of β-amino-alcohol motifs (C(OH)–C–C–N with tert-alkyl or cyclic N) is 1. The Morgan fingerprint density at radius 1 is 1.64 bits per heavy atom. The number of hydrogen-bond acceptors (Lipinski definition) is 4. The minimum absolute atomic E-state index is 0.0941. The third-order valence-corrected chi connectivity index (χ3v) is 2.55. The summed E-state index contributed by atoms with van der Waals surface area (Å²) in [5.41, 5.74) is 0. The first-order valence-electron chi connectivity index (χ1n) is 5.25. The van der Waals surface area contributed by atoms with E-state index in [-0.39, 0.29) is 12.6 Å². The van der Waals surface area contributed by atoms with Crippen LogP contribution in [0.1, 0.15) is 19.8 Å². The summed E-state index contributed by atoms with van der Waals surface area (Å²) in [5, 5.41) is 8.75. The van der Waals surface area contributed by atoms with E-state index < -0.39 is 0 Å². The molecule has 0 bridgehead atoms. The van der Waals surface area contributed by atoms with Crippen LogP contribution in [0.5, 0.6) is 0 Å². The van der Waals surface area contributed by atoms with Crippen molar-refractivity contribution in [2.45, 2.75) is 19.8 Å². The topological polar surface area (TPSA) is 49.8 Å². The lowest BCUT2D eigenvalue weighted by Crippen LogP contribution is -2.24. The van der Waals surface area contributed by atoms with Gasteiger partial charge in [-0.3, -0.25) is 4.79 Å². The predicted molar refractivity (Wildman–Crippen MR) is 52.9 cm³/mol. The van der Waals surface area contributed by atoms with Crippen LogP contribution >= 0.6 is 0 Å². The maximum atomic E-state index is 11.2. The average Bonchev–Trinajstić information content (AvgIpc) is 2.53. The molecule has 0 amide bonds. The number of likely N-dealkylation sites (tertiary alicyclic amines) is 1. The Balaban J connectivity index is 2.18. The minimum Gasteiger partial charge on any atom is -0.466 e. The molecule has 1 atom stereocenters. The number of esters is 1. The van der Waals surface area contributed by atoms with Gasteiger partial charge >= 0.3 is 5.97 Å². The normalized spacial score (nSPS) is 22.6. The van der Waals surface area contributed by atoms with E-state index in [1.807, 2.05) is 6.92 Å². The number of aliphatic hydroxyl groups is 1. The van der Waals surface area contributed by atoms with Gasteiger partial charge in [-0.05, 0) is 25.8 Å². The van der Waals surface area contributed by atoms with Crippen molar-refractivity contribution in [3.8, 4) is 0 Å². The second kappa shape index (κ2) is 5.98. The van der Waals surface area contributed by atoms with E-state index >= 15 is 0 Å². The van der Waals surface area contributed by atoms with Crippen molar-refractivity contribution in [1.29, 1.82) is 0 Å². The van der Waals surface area contributed by atoms with E-state index in [1.54, 1.807) is 0 Å². The number of carbonyl (C=O) groups excluding carboxylic acids is 1. The van der Waals surface area contributed by atoms with Gasteiger partial charge in [-0.15, -0.1) is 0 Å². The summed E-state index contributed by atoms with van der Waals surface area (Å²) in [4.78, 5) is 13.4. The lowest BCUT2D eigenvalue weighted by molar-refractivity contribution is -0.144. The van der Waals surface area contributed by atoms with Crippen molar-refractivity contribution in [2.24, 2.45) is 5.92 Å². The standard InChI is InChI=1S/C10H19NO3/c1-2-14-10(13)7-9-3-4-11(8-9)5-6-12/h9,12H,2-8H2,1H3. The molecule has 1 rings (SSSR count). The molecule has 1 fully saturated rings. The zero-order chi connectivity index (χ0) is 10.4. The zero-order valence-electron chi connectivity index (χ0n) is 8.74. The van der Waals surface area contributed by atoms with Gasteiger partial charge < -0.3 is 14.7 Å². The summed E-state index contributed by atoms with van der Waals surface area (Å²) in [6.45, 7) is 5.12. The van der Waals surface area contributed by atoms with Gasteiger partial charge in [-0.25, -0.2) is 0 Å². The van der Waals surface area contributed by atoms with Crippen LogP contribution in [0.4, 0.5) is 0 Å². The van der Waals surface area contributed by atoms with Crippen molar-refractivity contribution < 1.29 is 14.6 Å². The van der Waals surface area contributed by atoms with Crippen molar-refractivity contribution in [3.05, 3.63) is 0 Å². The maximum absolute atomic E-state index is 11.2. The molecule has 0 aromatic carbocycles. The molecule has 0 aromatic heterocycles. The number of hydrogen-bond donors (Lipinski definition) is 1. The van der Waals surface area contributed by atoms with Crippen molar-refractivity contribution in [2.75, 3.05) is 32.8 Å². The van der Waals surface area contributed by atoms with Crippen molar-refractivity contribution in [1.82, 2.24) is 4.90 Å². The van der Waals surface area contributed by atoms with Crippen LogP contribution in [0.3, 0.4) is 0 Å². The van der Waals surface area contributed by atoms with Crippen LogP contribution in [0, 0.1) is 5.92 Å². The van der Waals surface area contributed by atoms with Gasteiger partial charge in [0.1, 0.15) is 0 Å². The summed E-state index contributed by atoms with van der Waals surface area (Å²) in [6.07, 6.45) is 1.56. The quantitative estimate of drug-likeness (QED) is 0.648. The van der Waals surface area contributed by atoms with E-state index in [0.29, 0.717) is 18.9 Å². The molecular formula is C10H19NO3. The lowest BCUT2D eigenvalue weighted by atomic mass is 10.1. The molecule has 0 aliphatic carbocycles. The Kier molecular flexibility index (Phi) is 4.90. The summed E-state index contributed by atoms with van der Waals surface area (Å²) < 4.78 is 4.89. The maximum Gasteiger partial charge on any atom is 0.306 e. The fraction of sp³-hybridized carbons (Fsp3) is 0.900. The van der Waals surface area contributed by atoms with Crippen LogP contribution in [0.15, 0.2) is 0 Å². The molecule has 4 heteroatoms. The molecule has 4 nitrogen and oxygen atoms in total. The molecule has 0 saturated carbocycles. The van der Waals surface area contributed by atoms with Gasteiger partial charge in [0, 0.05) is 19.5 Å². The van der Waals surface area contributed by atoms with E-state index in [4.69, 9.17) is 9.84 Å². The van der Waals surface area contributed by atoms with Crippen LogP contribution in [-0.4, -0.2) is 48.8 Å². The highest BCUT2D eigenvalue weighted by molar-refractivity contribution is 5.69. The third-order valence-electron chi connectivity index (χ3n) is 2.55. The summed E-state index contributed by atoms with van der Waals surface area (Å²) in [6, 6.07) is 0. The number of aliphatic hydroxyl groups excluding tert-OH is 1. The fourth-order valence-corrected chi connectivity index (χ4v) is 1.88. The molecule has 1 saturated heterocycles. The van der Waals surface area contributed by atoms with Gasteiger partial charge in [0.05, 0.1) is 13.2 Å². The molecule has 0 spiro atoms. The number of rotatable bonds is 5. The van der Waals surface area contributed by atoms with E-state index in [9.17, 15) is 4.79 Å². The Hall–Kier alpha value is -0.610. The van der Waals surface area contributed by atoms with Crippen LogP contribution in [0.2, 0.25) is 0 Å². The summed E-state index contributed by atoms with van der Waals surface area (Å²) in [5.74, 6) is 0.323. The van der Waals surface area contributed by atoms with Gasteiger partial charge in [0.15, 0.2) is 0 Å². The number of nitrogens with zero attached hydrogens (tertiary/aromatic N) is 1. The molecule has 1 aliphatic heterocycles. The Morgan fingerprint density at radius 2 is 2.43 bits per heavy atom. The summed E-state index contributed by atoms with van der Waals surface area (Å²) in [7, 11) is 0. The highest BCUT2D eigenvalue weighted by atomic mass is 16.5. The second-order valence-electron chi connectivity index (χ2n) is 3.69. The van der Waals surface area contributed by atoms with Crippen LogP contribution < -0.4 is 0 Å². The third kappa shape index (κ3) is 3.64.